The maximum Gasteiger partial charge on any atom is 0.512 e. The third kappa shape index (κ3) is 4.91. The van der Waals surface area contributed by atoms with E-state index in [-0.39, 0.29) is 47.2 Å². The Kier molecular flexibility index (Phi) is 7.53. The number of aromatic carboxylic acids is 1. The monoisotopic (exact) mass is 579 g/mol. The zero-order valence-electron chi connectivity index (χ0n) is 22.5. The quantitative estimate of drug-likeness (QED) is 0.201. The molecule has 0 saturated heterocycles. The minimum Gasteiger partial charge on any atom is -0.497 e. The minimum absolute atomic E-state index is 0.120. The van der Waals surface area contributed by atoms with Gasteiger partial charge in [0.2, 0.25) is 11.6 Å². The summed E-state index contributed by atoms with van der Waals surface area (Å²) in [5, 5.41) is 20.4. The first-order chi connectivity index (χ1) is 19.8. The molecule has 41 heavy (non-hydrogen) atoms. The number of aromatic nitrogens is 3. The lowest BCUT2D eigenvalue weighted by atomic mass is 9.97. The zero-order chi connectivity index (χ0) is 29.3. The number of hydrogen-bond donors (Lipinski definition) is 2. The number of benzene rings is 3. The van der Waals surface area contributed by atoms with Crippen LogP contribution in [0.1, 0.15) is 22.8 Å². The van der Waals surface area contributed by atoms with Gasteiger partial charge >= 0.3 is 12.1 Å². The van der Waals surface area contributed by atoms with Gasteiger partial charge in [0.25, 0.3) is 0 Å². The molecule has 0 aliphatic carbocycles. The minimum atomic E-state index is -1.59. The van der Waals surface area contributed by atoms with Crippen LogP contribution in [0.25, 0.3) is 33.1 Å². The molecule has 2 N–H and O–H groups in total. The van der Waals surface area contributed by atoms with Gasteiger partial charge in [0, 0.05) is 11.6 Å². The topological polar surface area (TPSA) is 151 Å². The molecule has 0 aliphatic rings. The van der Waals surface area contributed by atoms with Crippen LogP contribution in [0.2, 0.25) is 0 Å². The van der Waals surface area contributed by atoms with Gasteiger partial charge in [0.05, 0.1) is 68.2 Å². The van der Waals surface area contributed by atoms with Gasteiger partial charge in [-0.3, -0.25) is 0 Å². The van der Waals surface area contributed by atoms with Gasteiger partial charge in [-0.15, -0.1) is 0 Å². The molecule has 5 rings (SSSR count). The predicted octanol–water partition coefficient (Wildman–Crippen LogP) is 5.54. The predicted molar refractivity (Wildman–Crippen MR) is 150 cm³/mol. The average molecular weight is 580 g/mol. The molecule has 13 heteroatoms. The molecular weight excluding hydrogens is 554 g/mol. The van der Waals surface area contributed by atoms with Gasteiger partial charge in [0.1, 0.15) is 16.8 Å². The SMILES string of the molecule is CCOc1c(OC)cc2c(c1OC)c(-c1ccc(OC)cc1C(=O)O)c(OC(=O)O)n2Cc1ccc2nsnc2c1. The van der Waals surface area contributed by atoms with Crippen LogP contribution < -0.4 is 23.7 Å². The van der Waals surface area contributed by atoms with E-state index in [1.807, 2.05) is 18.2 Å². The summed E-state index contributed by atoms with van der Waals surface area (Å²) in [5.74, 6) is -0.243. The molecule has 2 heterocycles. The largest absolute Gasteiger partial charge is 0.512 e. The highest BCUT2D eigenvalue weighted by atomic mass is 32.1. The molecule has 0 radical (unpaired) electrons. The number of ether oxygens (including phenoxy) is 5. The van der Waals surface area contributed by atoms with Crippen molar-refractivity contribution in [3.63, 3.8) is 0 Å². The van der Waals surface area contributed by atoms with E-state index >= 15 is 0 Å². The Labute approximate surface area is 237 Å². The molecule has 0 atom stereocenters. The molecule has 12 nitrogen and oxygen atoms in total. The summed E-state index contributed by atoms with van der Waals surface area (Å²) in [6, 6.07) is 11.7. The van der Waals surface area contributed by atoms with Crippen LogP contribution >= 0.6 is 11.7 Å². The maximum atomic E-state index is 12.4. The van der Waals surface area contributed by atoms with E-state index in [0.717, 1.165) is 22.8 Å². The lowest BCUT2D eigenvalue weighted by Gasteiger charge is -2.16. The van der Waals surface area contributed by atoms with Crippen molar-refractivity contribution in [3.05, 3.63) is 53.6 Å². The molecule has 0 spiro atoms. The third-order valence-electron chi connectivity index (χ3n) is 6.46. The molecule has 0 unspecified atom stereocenters. The van der Waals surface area contributed by atoms with Crippen molar-refractivity contribution in [3.8, 4) is 40.0 Å². The van der Waals surface area contributed by atoms with Crippen molar-refractivity contribution in [2.24, 2.45) is 0 Å². The van der Waals surface area contributed by atoms with Crippen molar-refractivity contribution in [1.82, 2.24) is 13.3 Å². The number of hydrogen-bond acceptors (Lipinski definition) is 10. The van der Waals surface area contributed by atoms with E-state index in [1.165, 1.54) is 33.5 Å². The van der Waals surface area contributed by atoms with Gasteiger partial charge in [0.15, 0.2) is 11.5 Å². The molecule has 2 aromatic heterocycles. The van der Waals surface area contributed by atoms with Crippen LogP contribution in [0, 0.1) is 0 Å². The number of carbonyl (C=O) groups is 2. The molecular formula is C28H25N3O9S. The van der Waals surface area contributed by atoms with E-state index in [0.29, 0.717) is 27.9 Å². The van der Waals surface area contributed by atoms with E-state index in [9.17, 15) is 19.8 Å². The molecule has 212 valence electrons. The summed E-state index contributed by atoms with van der Waals surface area (Å²) in [6.45, 7) is 2.20. The number of rotatable bonds is 10. The second-order valence-electron chi connectivity index (χ2n) is 8.71. The Morgan fingerprint density at radius 1 is 0.927 bits per heavy atom. The van der Waals surface area contributed by atoms with Gasteiger partial charge in [-0.25, -0.2) is 9.59 Å². The van der Waals surface area contributed by atoms with Crippen LogP contribution in [-0.4, -0.2) is 63.6 Å². The van der Waals surface area contributed by atoms with E-state index in [1.54, 1.807) is 23.6 Å². The van der Waals surface area contributed by atoms with Crippen LogP contribution in [0.3, 0.4) is 0 Å². The van der Waals surface area contributed by atoms with Crippen LogP contribution in [0.15, 0.2) is 42.5 Å². The zero-order valence-corrected chi connectivity index (χ0v) is 23.3. The summed E-state index contributed by atoms with van der Waals surface area (Å²) < 4.78 is 38.2. The van der Waals surface area contributed by atoms with Crippen molar-refractivity contribution in [2.75, 3.05) is 27.9 Å². The number of carboxylic acids is 1. The summed E-state index contributed by atoms with van der Waals surface area (Å²) in [6.07, 6.45) is -1.59. The summed E-state index contributed by atoms with van der Waals surface area (Å²) >= 11 is 1.08. The highest BCUT2D eigenvalue weighted by Gasteiger charge is 2.31. The molecule has 0 saturated carbocycles. The summed E-state index contributed by atoms with van der Waals surface area (Å²) in [5.41, 5.74) is 2.86. The molecule has 3 aromatic carbocycles. The first-order valence-corrected chi connectivity index (χ1v) is 13.0. The smallest absolute Gasteiger partial charge is 0.497 e. The van der Waals surface area contributed by atoms with Crippen molar-refractivity contribution >= 4 is 45.8 Å². The van der Waals surface area contributed by atoms with E-state index in [2.05, 4.69) is 8.75 Å². The lowest BCUT2D eigenvalue weighted by Crippen LogP contribution is -2.10. The van der Waals surface area contributed by atoms with Crippen molar-refractivity contribution < 1.29 is 43.5 Å². The molecule has 5 aromatic rings. The van der Waals surface area contributed by atoms with E-state index in [4.69, 9.17) is 23.7 Å². The average Bonchev–Trinajstić information content (AvgIpc) is 3.54. The summed E-state index contributed by atoms with van der Waals surface area (Å²) in [7, 11) is 4.33. The fraction of sp³-hybridized carbons (Fsp3) is 0.214. The standard InChI is InChI=1S/C28H25N3O9S/c1-5-39-24-21(37-3)12-20-23(25(24)38-4)22(16-8-7-15(36-2)11-17(16)27(32)33)26(40-28(34)35)31(20)13-14-6-9-18-19(10-14)30-41-29-18/h6-12H,5,13H2,1-4H3,(H,32,33)(H,34,35). The number of nitrogens with zero attached hydrogens (tertiary/aromatic N) is 3. The van der Waals surface area contributed by atoms with E-state index < -0.39 is 12.1 Å². The Morgan fingerprint density at radius 3 is 2.37 bits per heavy atom. The maximum absolute atomic E-state index is 12.4. The molecule has 0 fully saturated rings. The number of fused-ring (bicyclic) bond motifs is 2. The van der Waals surface area contributed by atoms with Crippen molar-refractivity contribution in [1.29, 1.82) is 0 Å². The second-order valence-corrected chi connectivity index (χ2v) is 9.24. The Morgan fingerprint density at radius 2 is 1.71 bits per heavy atom. The number of methoxy groups -OCH3 is 3. The van der Waals surface area contributed by atoms with Crippen LogP contribution in [0.5, 0.6) is 28.9 Å². The summed E-state index contributed by atoms with van der Waals surface area (Å²) in [4.78, 5) is 24.5. The van der Waals surface area contributed by atoms with Gasteiger partial charge in [-0.05, 0) is 42.8 Å². The molecule has 0 amide bonds. The van der Waals surface area contributed by atoms with Crippen molar-refractivity contribution in [2.45, 2.75) is 13.5 Å². The highest BCUT2D eigenvalue weighted by Crippen LogP contribution is 2.52. The van der Waals surface area contributed by atoms with Gasteiger partial charge in [-0.2, -0.15) is 8.75 Å². The Balaban J connectivity index is 1.93. The fourth-order valence-corrected chi connectivity index (χ4v) is 5.30. The molecule has 0 bridgehead atoms. The lowest BCUT2D eigenvalue weighted by molar-refractivity contribution is 0.0697. The second kappa shape index (κ2) is 11.2. The van der Waals surface area contributed by atoms with Crippen LogP contribution in [0.4, 0.5) is 4.79 Å². The first-order valence-electron chi connectivity index (χ1n) is 12.3. The number of carboxylic acid groups (broad SMARTS) is 2. The third-order valence-corrected chi connectivity index (χ3v) is 7.02. The Hall–Kier alpha value is -5.04. The van der Waals surface area contributed by atoms with Gasteiger partial charge < -0.3 is 38.5 Å². The highest BCUT2D eigenvalue weighted by molar-refractivity contribution is 7.00. The Bertz CT molecular complexity index is 1790. The fourth-order valence-electron chi connectivity index (χ4n) is 4.79. The van der Waals surface area contributed by atoms with Gasteiger partial charge in [-0.1, -0.05) is 6.07 Å². The van der Waals surface area contributed by atoms with Crippen LogP contribution in [-0.2, 0) is 6.54 Å². The first kappa shape index (κ1) is 27.5. The normalized spacial score (nSPS) is 11.0. The molecule has 0 aliphatic heterocycles.